The van der Waals surface area contributed by atoms with E-state index in [2.05, 4.69) is 16.1 Å². The molecule has 0 spiro atoms. The van der Waals surface area contributed by atoms with E-state index >= 15 is 0 Å². The van der Waals surface area contributed by atoms with Crippen LogP contribution < -0.4 is 16.1 Å². The summed E-state index contributed by atoms with van der Waals surface area (Å²) in [6.07, 6.45) is 0.529. The number of carboxylic acid groups (broad SMARTS) is 1. The first-order chi connectivity index (χ1) is 15.3. The third kappa shape index (κ3) is 4.75. The molecule has 0 saturated carbocycles. The zero-order valence-corrected chi connectivity index (χ0v) is 17.2. The molecule has 2 atom stereocenters. The highest BCUT2D eigenvalue weighted by Gasteiger charge is 2.44. The van der Waals surface area contributed by atoms with E-state index in [0.29, 0.717) is 5.69 Å². The number of hydrogen-bond donors (Lipinski definition) is 4. The van der Waals surface area contributed by atoms with Crippen molar-refractivity contribution in [1.29, 1.82) is 0 Å². The van der Waals surface area contributed by atoms with E-state index in [0.717, 1.165) is 10.8 Å². The average molecular weight is 443 g/mol. The first-order valence-corrected chi connectivity index (χ1v) is 9.87. The molecule has 4 N–H and O–H groups in total. The Balaban J connectivity index is 1.79. The van der Waals surface area contributed by atoms with E-state index in [1.54, 1.807) is 19.1 Å². The molecule has 0 fully saturated rings. The zero-order chi connectivity index (χ0) is 23.3. The van der Waals surface area contributed by atoms with Gasteiger partial charge in [0, 0.05) is 11.1 Å². The quantitative estimate of drug-likeness (QED) is 0.465. The number of ketones is 1. The number of carbonyl (C=O) groups is 4. The van der Waals surface area contributed by atoms with E-state index in [9.17, 15) is 23.6 Å². The van der Waals surface area contributed by atoms with Crippen molar-refractivity contribution in [1.82, 2.24) is 10.8 Å². The molecule has 1 aliphatic rings. The first kappa shape index (κ1) is 22.9. The molecular weight excluding hydrogens is 421 g/mol. The normalized spacial score (nSPS) is 18.4. The predicted molar refractivity (Wildman–Crippen MR) is 113 cm³/mol. The number of carbonyl (C=O) groups excluding carboxylic acids is 3. The number of aliphatic carboxylic acids is 1. The third-order valence-electron chi connectivity index (χ3n) is 5.12. The molecular formula is C22H22FN3O6. The molecule has 9 nitrogen and oxygen atoms in total. The van der Waals surface area contributed by atoms with Crippen LogP contribution in [0.1, 0.15) is 19.8 Å². The third-order valence-corrected chi connectivity index (χ3v) is 5.12. The zero-order valence-electron chi connectivity index (χ0n) is 17.2. The molecule has 1 aliphatic heterocycles. The van der Waals surface area contributed by atoms with Crippen LogP contribution in [0.2, 0.25) is 0 Å². The highest BCUT2D eigenvalue weighted by atomic mass is 19.1. The maximum atomic E-state index is 12.8. The largest absolute Gasteiger partial charge is 0.481 e. The van der Waals surface area contributed by atoms with Crippen LogP contribution in [0.3, 0.4) is 0 Å². The van der Waals surface area contributed by atoms with Gasteiger partial charge in [-0.25, -0.2) is 4.39 Å². The molecule has 0 saturated heterocycles. The summed E-state index contributed by atoms with van der Waals surface area (Å²) < 4.78 is 12.8. The lowest BCUT2D eigenvalue weighted by atomic mass is 9.97. The van der Waals surface area contributed by atoms with Crippen molar-refractivity contribution < 1.29 is 33.5 Å². The van der Waals surface area contributed by atoms with Gasteiger partial charge in [0.2, 0.25) is 0 Å². The summed E-state index contributed by atoms with van der Waals surface area (Å²) in [4.78, 5) is 53.6. The molecule has 10 heteroatoms. The maximum absolute atomic E-state index is 12.8. The monoisotopic (exact) mass is 443 g/mol. The van der Waals surface area contributed by atoms with Gasteiger partial charge in [0.25, 0.3) is 11.8 Å². The molecule has 0 aliphatic carbocycles. The number of nitrogens with one attached hydrogen (secondary N) is 3. The van der Waals surface area contributed by atoms with E-state index < -0.39 is 48.3 Å². The SMILES string of the molecule is CCC1(C(=O)NC(CC(=O)O)C(=O)CF)C=C(C(=O)Nc2cccc3ccccc23)NO1. The second-order valence-electron chi connectivity index (χ2n) is 7.21. The summed E-state index contributed by atoms with van der Waals surface area (Å²) in [6, 6.07) is 11.3. The van der Waals surface area contributed by atoms with Crippen LogP contribution in [0, 0.1) is 0 Å². The van der Waals surface area contributed by atoms with Crippen LogP contribution in [0.15, 0.2) is 54.2 Å². The van der Waals surface area contributed by atoms with Gasteiger partial charge in [-0.1, -0.05) is 43.3 Å². The number of fused-ring (bicyclic) bond motifs is 1. The summed E-state index contributed by atoms with van der Waals surface area (Å²) >= 11 is 0. The average Bonchev–Trinajstić information content (AvgIpc) is 3.24. The van der Waals surface area contributed by atoms with Crippen molar-refractivity contribution in [2.75, 3.05) is 12.0 Å². The Morgan fingerprint density at radius 2 is 1.88 bits per heavy atom. The highest BCUT2D eigenvalue weighted by molar-refractivity contribution is 6.09. The Bertz CT molecular complexity index is 1100. The number of carboxylic acids is 1. The van der Waals surface area contributed by atoms with E-state index in [1.165, 1.54) is 6.08 Å². The molecule has 2 aromatic carbocycles. The standard InChI is InChI=1S/C22H22FN3O6/c1-2-22(21(31)25-16(10-19(28)29)18(27)12-23)11-17(26-32-22)20(30)24-15-9-5-7-13-6-3-4-8-14(13)15/h3-9,11,16,26H,2,10,12H2,1H3,(H,24,30)(H,25,31)(H,28,29). The highest BCUT2D eigenvalue weighted by Crippen LogP contribution is 2.27. The Labute approximate surface area is 182 Å². The van der Waals surface area contributed by atoms with Crippen LogP contribution in [0.4, 0.5) is 10.1 Å². The first-order valence-electron chi connectivity index (χ1n) is 9.87. The lowest BCUT2D eigenvalue weighted by molar-refractivity contribution is -0.148. The Hall–Kier alpha value is -3.79. The van der Waals surface area contributed by atoms with Crippen molar-refractivity contribution in [3.8, 4) is 0 Å². The summed E-state index contributed by atoms with van der Waals surface area (Å²) in [7, 11) is 0. The molecule has 168 valence electrons. The van der Waals surface area contributed by atoms with Gasteiger partial charge in [0.05, 0.1) is 6.42 Å². The number of hydrogen-bond acceptors (Lipinski definition) is 6. The summed E-state index contributed by atoms with van der Waals surface area (Å²) in [5.74, 6) is -3.88. The number of Topliss-reactive ketones (excluding diaryl/α,β-unsaturated/α-hetero) is 1. The van der Waals surface area contributed by atoms with Crippen molar-refractivity contribution in [2.24, 2.45) is 0 Å². The fraction of sp³-hybridized carbons (Fsp3) is 0.273. The molecule has 2 amide bonds. The van der Waals surface area contributed by atoms with Gasteiger partial charge in [0.15, 0.2) is 11.4 Å². The van der Waals surface area contributed by atoms with Crippen molar-refractivity contribution in [3.05, 3.63) is 54.2 Å². The summed E-state index contributed by atoms with van der Waals surface area (Å²) in [5.41, 5.74) is 1.26. The van der Waals surface area contributed by atoms with Crippen LogP contribution >= 0.6 is 0 Å². The minimum absolute atomic E-state index is 0.0402. The van der Waals surface area contributed by atoms with Crippen LogP contribution in [-0.2, 0) is 24.0 Å². The Morgan fingerprint density at radius 1 is 1.16 bits per heavy atom. The minimum atomic E-state index is -1.68. The second-order valence-corrected chi connectivity index (χ2v) is 7.21. The van der Waals surface area contributed by atoms with Gasteiger partial charge in [0.1, 0.15) is 18.4 Å². The summed E-state index contributed by atoms with van der Waals surface area (Å²) in [6.45, 7) is 0.178. The van der Waals surface area contributed by atoms with Gasteiger partial charge < -0.3 is 15.7 Å². The molecule has 0 aromatic heterocycles. The molecule has 2 aromatic rings. The minimum Gasteiger partial charge on any atom is -0.481 e. The van der Waals surface area contributed by atoms with Gasteiger partial charge in [-0.2, -0.15) is 0 Å². The van der Waals surface area contributed by atoms with Crippen molar-refractivity contribution >= 4 is 40.0 Å². The van der Waals surface area contributed by atoms with Crippen LogP contribution in [0.25, 0.3) is 10.8 Å². The van der Waals surface area contributed by atoms with Gasteiger partial charge in [-0.15, -0.1) is 0 Å². The Morgan fingerprint density at radius 3 is 2.56 bits per heavy atom. The van der Waals surface area contributed by atoms with Gasteiger partial charge >= 0.3 is 5.97 Å². The van der Waals surface area contributed by atoms with Crippen molar-refractivity contribution in [3.63, 3.8) is 0 Å². The predicted octanol–water partition coefficient (Wildman–Crippen LogP) is 1.84. The fourth-order valence-electron chi connectivity index (χ4n) is 3.31. The number of hydroxylamine groups is 1. The Kier molecular flexibility index (Phi) is 6.84. The fourth-order valence-corrected chi connectivity index (χ4v) is 3.31. The molecule has 3 rings (SSSR count). The number of halogens is 1. The number of alkyl halides is 1. The number of benzene rings is 2. The van der Waals surface area contributed by atoms with E-state index in [1.807, 2.05) is 30.3 Å². The molecule has 2 unspecified atom stereocenters. The number of anilines is 1. The van der Waals surface area contributed by atoms with Crippen LogP contribution in [0.5, 0.6) is 0 Å². The molecule has 0 bridgehead atoms. The van der Waals surface area contributed by atoms with E-state index in [4.69, 9.17) is 9.94 Å². The lowest BCUT2D eigenvalue weighted by Crippen LogP contribution is -2.53. The number of rotatable bonds is 9. The van der Waals surface area contributed by atoms with Gasteiger partial charge in [-0.3, -0.25) is 29.5 Å². The smallest absolute Gasteiger partial charge is 0.305 e. The topological polar surface area (TPSA) is 134 Å². The molecule has 0 radical (unpaired) electrons. The molecule has 1 heterocycles. The van der Waals surface area contributed by atoms with Gasteiger partial charge in [-0.05, 0) is 23.9 Å². The number of amides is 2. The summed E-state index contributed by atoms with van der Waals surface area (Å²) in [5, 5.41) is 15.7. The molecule has 32 heavy (non-hydrogen) atoms. The van der Waals surface area contributed by atoms with E-state index in [-0.39, 0.29) is 12.1 Å². The lowest BCUT2D eigenvalue weighted by Gasteiger charge is -2.25. The van der Waals surface area contributed by atoms with Crippen LogP contribution in [-0.4, -0.2) is 47.0 Å². The maximum Gasteiger partial charge on any atom is 0.305 e. The van der Waals surface area contributed by atoms with Crippen molar-refractivity contribution in [2.45, 2.75) is 31.4 Å². The second kappa shape index (κ2) is 9.56.